The summed E-state index contributed by atoms with van der Waals surface area (Å²) in [6, 6.07) is 4.78. The van der Waals surface area contributed by atoms with E-state index in [1.807, 2.05) is 6.08 Å². The van der Waals surface area contributed by atoms with E-state index in [0.717, 1.165) is 18.4 Å². The highest BCUT2D eigenvalue weighted by Gasteiger charge is 2.27. The standard InChI is InChI=1S/C15H14O4/c1-18-15(17)10-4-5-12-13(7-10)19-8-11(14(12)16)6-9-2-3-9/h4-7,9H,2-3,8H2,1H3. The third-order valence-corrected chi connectivity index (χ3v) is 3.38. The van der Waals surface area contributed by atoms with Gasteiger partial charge in [0, 0.05) is 5.57 Å². The van der Waals surface area contributed by atoms with Crippen molar-refractivity contribution in [1.82, 2.24) is 0 Å². The first kappa shape index (κ1) is 12.0. The summed E-state index contributed by atoms with van der Waals surface area (Å²) in [5.74, 6) is 0.571. The molecule has 1 aliphatic heterocycles. The first-order valence-electron chi connectivity index (χ1n) is 6.29. The van der Waals surface area contributed by atoms with Crippen LogP contribution in [-0.2, 0) is 4.74 Å². The van der Waals surface area contributed by atoms with Gasteiger partial charge in [0.25, 0.3) is 0 Å². The summed E-state index contributed by atoms with van der Waals surface area (Å²) in [4.78, 5) is 23.7. The molecule has 19 heavy (non-hydrogen) atoms. The van der Waals surface area contributed by atoms with E-state index < -0.39 is 5.97 Å². The lowest BCUT2D eigenvalue weighted by atomic mass is 9.98. The molecule has 0 unspecified atom stereocenters. The number of esters is 1. The minimum atomic E-state index is -0.432. The van der Waals surface area contributed by atoms with E-state index in [2.05, 4.69) is 4.74 Å². The largest absolute Gasteiger partial charge is 0.488 e. The third kappa shape index (κ3) is 2.26. The molecule has 0 atom stereocenters. The second-order valence-electron chi connectivity index (χ2n) is 4.85. The van der Waals surface area contributed by atoms with Gasteiger partial charge in [-0.1, -0.05) is 6.08 Å². The van der Waals surface area contributed by atoms with Gasteiger partial charge >= 0.3 is 5.97 Å². The Balaban J connectivity index is 1.92. The average Bonchev–Trinajstić information content (AvgIpc) is 3.24. The lowest BCUT2D eigenvalue weighted by Gasteiger charge is -2.19. The molecule has 1 fully saturated rings. The van der Waals surface area contributed by atoms with Crippen LogP contribution in [0.4, 0.5) is 0 Å². The highest BCUT2D eigenvalue weighted by molar-refractivity contribution is 6.12. The Labute approximate surface area is 111 Å². The lowest BCUT2D eigenvalue weighted by Crippen LogP contribution is -2.20. The minimum absolute atomic E-state index is 0.00423. The van der Waals surface area contributed by atoms with Crippen LogP contribution in [0.1, 0.15) is 33.6 Å². The number of allylic oxidation sites excluding steroid dienone is 1. The molecule has 1 aliphatic carbocycles. The monoisotopic (exact) mass is 258 g/mol. The number of carbonyl (C=O) groups excluding carboxylic acids is 2. The highest BCUT2D eigenvalue weighted by atomic mass is 16.5. The Hall–Kier alpha value is -2.10. The fourth-order valence-corrected chi connectivity index (χ4v) is 2.14. The van der Waals surface area contributed by atoms with Crippen LogP contribution in [0.15, 0.2) is 29.8 Å². The van der Waals surface area contributed by atoms with Crippen LogP contribution in [0.3, 0.4) is 0 Å². The number of hydrogen-bond donors (Lipinski definition) is 0. The van der Waals surface area contributed by atoms with Crippen LogP contribution < -0.4 is 4.74 Å². The molecule has 0 amide bonds. The second kappa shape index (κ2) is 4.53. The fraction of sp³-hybridized carbons (Fsp3) is 0.333. The van der Waals surface area contributed by atoms with E-state index in [1.54, 1.807) is 18.2 Å². The van der Waals surface area contributed by atoms with Crippen LogP contribution in [0.25, 0.3) is 0 Å². The summed E-state index contributed by atoms with van der Waals surface area (Å²) in [5, 5.41) is 0. The van der Waals surface area contributed by atoms with Gasteiger partial charge in [0.05, 0.1) is 18.2 Å². The van der Waals surface area contributed by atoms with E-state index >= 15 is 0 Å². The Kier molecular flexibility index (Phi) is 2.85. The molecule has 1 saturated carbocycles. The molecule has 0 saturated heterocycles. The molecule has 0 N–H and O–H groups in total. The summed E-state index contributed by atoms with van der Waals surface area (Å²) in [5.41, 5.74) is 1.63. The smallest absolute Gasteiger partial charge is 0.337 e. The molecule has 0 spiro atoms. The Morgan fingerprint density at radius 2 is 2.21 bits per heavy atom. The zero-order chi connectivity index (χ0) is 13.4. The van der Waals surface area contributed by atoms with Gasteiger partial charge in [0.1, 0.15) is 12.4 Å². The topological polar surface area (TPSA) is 52.6 Å². The molecule has 0 bridgehead atoms. The number of rotatable bonds is 2. The van der Waals surface area contributed by atoms with Crippen molar-refractivity contribution in [3.05, 3.63) is 41.0 Å². The second-order valence-corrected chi connectivity index (χ2v) is 4.85. The van der Waals surface area contributed by atoms with Gasteiger partial charge < -0.3 is 9.47 Å². The SMILES string of the molecule is COC(=O)c1ccc2c(c1)OCC(=CC1CC1)C2=O. The third-order valence-electron chi connectivity index (χ3n) is 3.38. The van der Waals surface area contributed by atoms with Crippen LogP contribution in [0.2, 0.25) is 0 Å². The molecule has 98 valence electrons. The van der Waals surface area contributed by atoms with Crippen LogP contribution in [-0.4, -0.2) is 25.5 Å². The molecular formula is C15H14O4. The summed E-state index contributed by atoms with van der Waals surface area (Å²) in [6.07, 6.45) is 4.33. The summed E-state index contributed by atoms with van der Waals surface area (Å²) in [7, 11) is 1.32. The number of ether oxygens (including phenoxy) is 2. The van der Waals surface area contributed by atoms with E-state index in [4.69, 9.17) is 4.74 Å². The molecule has 2 aliphatic rings. The zero-order valence-electron chi connectivity index (χ0n) is 10.6. The minimum Gasteiger partial charge on any atom is -0.488 e. The number of hydrogen-bond acceptors (Lipinski definition) is 4. The van der Waals surface area contributed by atoms with E-state index in [1.165, 1.54) is 7.11 Å². The van der Waals surface area contributed by atoms with Gasteiger partial charge in [-0.3, -0.25) is 4.79 Å². The van der Waals surface area contributed by atoms with Crippen molar-refractivity contribution >= 4 is 11.8 Å². The lowest BCUT2D eigenvalue weighted by molar-refractivity contribution is 0.0599. The maximum atomic E-state index is 12.3. The average molecular weight is 258 g/mol. The molecule has 0 radical (unpaired) electrons. The summed E-state index contributed by atoms with van der Waals surface area (Å²) in [6.45, 7) is 0.285. The predicted octanol–water partition coefficient (Wildman–Crippen LogP) is 2.38. The molecular weight excluding hydrogens is 244 g/mol. The van der Waals surface area contributed by atoms with Crippen LogP contribution >= 0.6 is 0 Å². The summed E-state index contributed by atoms with van der Waals surface area (Å²) < 4.78 is 10.2. The predicted molar refractivity (Wildman–Crippen MR) is 68.4 cm³/mol. The van der Waals surface area contributed by atoms with Crippen molar-refractivity contribution in [3.8, 4) is 5.75 Å². The van der Waals surface area contributed by atoms with E-state index in [0.29, 0.717) is 22.8 Å². The number of benzene rings is 1. The number of fused-ring (bicyclic) bond motifs is 1. The van der Waals surface area contributed by atoms with Crippen molar-refractivity contribution in [2.45, 2.75) is 12.8 Å². The van der Waals surface area contributed by atoms with Gasteiger partial charge in [0.2, 0.25) is 0 Å². The Morgan fingerprint density at radius 1 is 1.42 bits per heavy atom. The van der Waals surface area contributed by atoms with Crippen LogP contribution in [0.5, 0.6) is 5.75 Å². The number of Topliss-reactive ketones (excluding diaryl/α,β-unsaturated/α-hetero) is 1. The van der Waals surface area contributed by atoms with Gasteiger partial charge in [-0.05, 0) is 37.0 Å². The van der Waals surface area contributed by atoms with Crippen molar-refractivity contribution in [2.75, 3.05) is 13.7 Å². The fourth-order valence-electron chi connectivity index (χ4n) is 2.14. The molecule has 1 heterocycles. The zero-order valence-corrected chi connectivity index (χ0v) is 10.6. The Bertz CT molecular complexity index is 582. The Morgan fingerprint density at radius 3 is 2.89 bits per heavy atom. The molecule has 4 nitrogen and oxygen atoms in total. The number of ketones is 1. The van der Waals surface area contributed by atoms with Gasteiger partial charge in [0.15, 0.2) is 5.78 Å². The van der Waals surface area contributed by atoms with Crippen molar-refractivity contribution < 1.29 is 19.1 Å². The molecule has 0 aromatic heterocycles. The quantitative estimate of drug-likeness (QED) is 0.603. The summed E-state index contributed by atoms with van der Waals surface area (Å²) >= 11 is 0. The maximum Gasteiger partial charge on any atom is 0.337 e. The van der Waals surface area contributed by atoms with Gasteiger partial charge in [-0.2, -0.15) is 0 Å². The van der Waals surface area contributed by atoms with Crippen molar-refractivity contribution in [2.24, 2.45) is 5.92 Å². The van der Waals surface area contributed by atoms with E-state index in [9.17, 15) is 9.59 Å². The number of methoxy groups -OCH3 is 1. The van der Waals surface area contributed by atoms with Gasteiger partial charge in [-0.15, -0.1) is 0 Å². The van der Waals surface area contributed by atoms with Gasteiger partial charge in [-0.25, -0.2) is 4.79 Å². The van der Waals surface area contributed by atoms with Crippen molar-refractivity contribution in [1.29, 1.82) is 0 Å². The highest BCUT2D eigenvalue weighted by Crippen LogP contribution is 2.34. The molecule has 4 heteroatoms. The molecule has 3 rings (SSSR count). The van der Waals surface area contributed by atoms with E-state index in [-0.39, 0.29) is 12.4 Å². The number of carbonyl (C=O) groups is 2. The molecule has 1 aromatic rings. The maximum absolute atomic E-state index is 12.3. The normalized spacial score (nSPS) is 19.8. The van der Waals surface area contributed by atoms with Crippen molar-refractivity contribution in [3.63, 3.8) is 0 Å². The first-order chi connectivity index (χ1) is 9.19. The molecule has 1 aromatic carbocycles. The van der Waals surface area contributed by atoms with Crippen LogP contribution in [0, 0.1) is 5.92 Å². The first-order valence-corrected chi connectivity index (χ1v) is 6.29.